The number of amides is 1. The molecule has 2 atom stereocenters. The molecule has 0 saturated carbocycles. The summed E-state index contributed by atoms with van der Waals surface area (Å²) in [6.07, 6.45) is 3.32. The fraction of sp³-hybridized carbons (Fsp3) is 0.562. The molecule has 2 aliphatic rings. The first-order valence-corrected chi connectivity index (χ1v) is 7.36. The lowest BCUT2D eigenvalue weighted by molar-refractivity contribution is 0.0693. The van der Waals surface area contributed by atoms with E-state index in [-0.39, 0.29) is 5.54 Å². The molecule has 2 saturated heterocycles. The van der Waals surface area contributed by atoms with Crippen molar-refractivity contribution in [3.05, 3.63) is 35.9 Å². The maximum atomic E-state index is 11.0. The summed E-state index contributed by atoms with van der Waals surface area (Å²) < 4.78 is 0. The monoisotopic (exact) mass is 274 g/mol. The first-order valence-electron chi connectivity index (χ1n) is 7.36. The minimum Gasteiger partial charge on any atom is -0.465 e. The molecule has 1 amide bonds. The van der Waals surface area contributed by atoms with Crippen LogP contribution in [0.15, 0.2) is 30.3 Å². The molecule has 2 fully saturated rings. The summed E-state index contributed by atoms with van der Waals surface area (Å²) in [5, 5.41) is 11.7. The number of carbonyl (C=O) groups is 1. The van der Waals surface area contributed by atoms with Crippen molar-refractivity contribution in [2.24, 2.45) is 0 Å². The average Bonchev–Trinajstić information content (AvgIpc) is 2.64. The summed E-state index contributed by atoms with van der Waals surface area (Å²) >= 11 is 0. The van der Waals surface area contributed by atoms with E-state index < -0.39 is 6.09 Å². The fourth-order valence-corrected chi connectivity index (χ4v) is 3.99. The van der Waals surface area contributed by atoms with E-state index in [0.717, 1.165) is 19.4 Å². The van der Waals surface area contributed by atoms with Gasteiger partial charge < -0.3 is 10.4 Å². The minimum atomic E-state index is -0.900. The third-order valence-electron chi connectivity index (χ3n) is 4.76. The van der Waals surface area contributed by atoms with E-state index in [1.807, 2.05) is 13.0 Å². The number of benzene rings is 1. The summed E-state index contributed by atoms with van der Waals surface area (Å²) in [5.74, 6) is 0. The zero-order valence-electron chi connectivity index (χ0n) is 11.9. The third kappa shape index (κ3) is 2.66. The van der Waals surface area contributed by atoms with Gasteiger partial charge in [-0.05, 0) is 38.2 Å². The predicted molar refractivity (Wildman–Crippen MR) is 77.6 cm³/mol. The van der Waals surface area contributed by atoms with Crippen LogP contribution in [0.1, 0.15) is 38.2 Å². The van der Waals surface area contributed by atoms with Crippen molar-refractivity contribution in [2.45, 2.75) is 56.8 Å². The maximum Gasteiger partial charge on any atom is 0.405 e. The van der Waals surface area contributed by atoms with Crippen LogP contribution < -0.4 is 5.32 Å². The Morgan fingerprint density at radius 2 is 1.90 bits per heavy atom. The molecular formula is C16H22N2O2. The highest BCUT2D eigenvalue weighted by atomic mass is 16.4. The number of fused-ring (bicyclic) bond motifs is 2. The van der Waals surface area contributed by atoms with E-state index in [1.54, 1.807) is 0 Å². The Hall–Kier alpha value is -1.55. The van der Waals surface area contributed by atoms with Gasteiger partial charge >= 0.3 is 6.09 Å². The maximum absolute atomic E-state index is 11.0. The number of nitrogens with one attached hydrogen (secondary N) is 1. The van der Waals surface area contributed by atoms with Gasteiger partial charge in [0.1, 0.15) is 0 Å². The molecule has 2 unspecified atom stereocenters. The zero-order chi connectivity index (χ0) is 14.2. The highest BCUT2D eigenvalue weighted by Gasteiger charge is 2.46. The van der Waals surface area contributed by atoms with E-state index in [2.05, 4.69) is 34.5 Å². The lowest BCUT2D eigenvalue weighted by Crippen LogP contribution is -2.57. The van der Waals surface area contributed by atoms with Gasteiger partial charge in [-0.3, -0.25) is 4.90 Å². The van der Waals surface area contributed by atoms with Crippen LogP contribution in [0.3, 0.4) is 0 Å². The average molecular weight is 274 g/mol. The summed E-state index contributed by atoms with van der Waals surface area (Å²) in [4.78, 5) is 13.5. The molecule has 2 N–H and O–H groups in total. The molecule has 2 bridgehead atoms. The summed E-state index contributed by atoms with van der Waals surface area (Å²) in [6, 6.07) is 11.6. The van der Waals surface area contributed by atoms with Crippen molar-refractivity contribution >= 4 is 6.09 Å². The standard InChI is InChI=1S/C16H22N2O2/c1-16(17-15(19)20)9-13-7-8-14(10-16)18(13)11-12-5-3-2-4-6-12/h2-6,13-14,17H,7-11H2,1H3,(H,19,20). The lowest BCUT2D eigenvalue weighted by Gasteiger charge is -2.44. The van der Waals surface area contributed by atoms with E-state index in [1.165, 1.54) is 18.4 Å². The normalized spacial score (nSPS) is 33.0. The molecule has 0 spiro atoms. The van der Waals surface area contributed by atoms with Crippen LogP contribution in [-0.4, -0.2) is 33.7 Å². The number of piperidine rings is 1. The zero-order valence-corrected chi connectivity index (χ0v) is 11.9. The van der Waals surface area contributed by atoms with Crippen LogP contribution in [0, 0.1) is 0 Å². The van der Waals surface area contributed by atoms with Gasteiger partial charge in [-0.15, -0.1) is 0 Å². The Bertz CT molecular complexity index is 475. The van der Waals surface area contributed by atoms with Gasteiger partial charge in [0, 0.05) is 24.2 Å². The quantitative estimate of drug-likeness (QED) is 0.891. The van der Waals surface area contributed by atoms with Gasteiger partial charge in [0.05, 0.1) is 0 Å². The predicted octanol–water partition coefficient (Wildman–Crippen LogP) is 2.84. The molecule has 0 aliphatic carbocycles. The largest absolute Gasteiger partial charge is 0.465 e. The second kappa shape index (κ2) is 5.09. The highest BCUT2D eigenvalue weighted by molar-refractivity contribution is 5.65. The Kier molecular flexibility index (Phi) is 3.42. The molecule has 20 heavy (non-hydrogen) atoms. The van der Waals surface area contributed by atoms with Crippen molar-refractivity contribution in [3.63, 3.8) is 0 Å². The molecule has 4 nitrogen and oxygen atoms in total. The number of rotatable bonds is 3. The van der Waals surface area contributed by atoms with Crippen LogP contribution in [-0.2, 0) is 6.54 Å². The lowest BCUT2D eigenvalue weighted by atomic mass is 9.84. The molecule has 2 heterocycles. The van der Waals surface area contributed by atoms with Crippen molar-refractivity contribution in [1.82, 2.24) is 10.2 Å². The first kappa shape index (κ1) is 13.4. The third-order valence-corrected chi connectivity index (χ3v) is 4.76. The van der Waals surface area contributed by atoms with Crippen LogP contribution in [0.4, 0.5) is 4.79 Å². The Labute approximate surface area is 119 Å². The molecule has 0 radical (unpaired) electrons. The second-order valence-corrected chi connectivity index (χ2v) is 6.44. The van der Waals surface area contributed by atoms with Crippen molar-refractivity contribution in [3.8, 4) is 0 Å². The van der Waals surface area contributed by atoms with Crippen molar-refractivity contribution in [1.29, 1.82) is 0 Å². The summed E-state index contributed by atoms with van der Waals surface area (Å²) in [7, 11) is 0. The second-order valence-electron chi connectivity index (χ2n) is 6.44. The number of carboxylic acid groups (broad SMARTS) is 1. The van der Waals surface area contributed by atoms with Gasteiger partial charge in [0.2, 0.25) is 0 Å². The van der Waals surface area contributed by atoms with Crippen molar-refractivity contribution < 1.29 is 9.90 Å². The Morgan fingerprint density at radius 1 is 1.30 bits per heavy atom. The molecule has 1 aromatic carbocycles. The molecule has 3 rings (SSSR count). The molecule has 108 valence electrons. The summed E-state index contributed by atoms with van der Waals surface area (Å²) in [6.45, 7) is 3.03. The smallest absolute Gasteiger partial charge is 0.405 e. The van der Waals surface area contributed by atoms with E-state index in [0.29, 0.717) is 12.1 Å². The van der Waals surface area contributed by atoms with E-state index >= 15 is 0 Å². The van der Waals surface area contributed by atoms with E-state index in [4.69, 9.17) is 5.11 Å². The number of hydrogen-bond donors (Lipinski definition) is 2. The van der Waals surface area contributed by atoms with Gasteiger partial charge in [0.15, 0.2) is 0 Å². The number of hydrogen-bond acceptors (Lipinski definition) is 2. The molecular weight excluding hydrogens is 252 g/mol. The molecule has 0 aromatic heterocycles. The SMILES string of the molecule is CC1(NC(=O)O)CC2CCC(C1)N2Cc1ccccc1. The first-order chi connectivity index (χ1) is 9.56. The van der Waals surface area contributed by atoms with Crippen molar-refractivity contribution in [2.75, 3.05) is 0 Å². The van der Waals surface area contributed by atoms with E-state index in [9.17, 15) is 4.79 Å². The van der Waals surface area contributed by atoms with Gasteiger partial charge in [-0.1, -0.05) is 30.3 Å². The highest BCUT2D eigenvalue weighted by Crippen LogP contribution is 2.41. The van der Waals surface area contributed by atoms with Gasteiger partial charge in [-0.2, -0.15) is 0 Å². The van der Waals surface area contributed by atoms with Gasteiger partial charge in [-0.25, -0.2) is 4.79 Å². The molecule has 1 aromatic rings. The minimum absolute atomic E-state index is 0.259. The number of nitrogens with zero attached hydrogens (tertiary/aromatic N) is 1. The topological polar surface area (TPSA) is 52.6 Å². The molecule has 4 heteroatoms. The van der Waals surface area contributed by atoms with Gasteiger partial charge in [0.25, 0.3) is 0 Å². The summed E-state index contributed by atoms with van der Waals surface area (Å²) in [5.41, 5.74) is 1.09. The molecule has 2 aliphatic heterocycles. The Morgan fingerprint density at radius 3 is 2.45 bits per heavy atom. The van der Waals surface area contributed by atoms with Crippen LogP contribution in [0.5, 0.6) is 0 Å². The Balaban J connectivity index is 1.70. The van der Waals surface area contributed by atoms with Crippen LogP contribution in [0.2, 0.25) is 0 Å². The van der Waals surface area contributed by atoms with Crippen LogP contribution in [0.25, 0.3) is 0 Å². The fourth-order valence-electron chi connectivity index (χ4n) is 3.99. The van der Waals surface area contributed by atoms with Crippen LogP contribution >= 0.6 is 0 Å².